The average molecular weight is 334 g/mol. The van der Waals surface area contributed by atoms with Gasteiger partial charge in [-0.3, -0.25) is 4.79 Å². The maximum Gasteiger partial charge on any atom is 0.334 e. The van der Waals surface area contributed by atoms with Crippen molar-refractivity contribution in [2.75, 3.05) is 0 Å². The molecule has 0 amide bonds. The van der Waals surface area contributed by atoms with Crippen LogP contribution in [0.15, 0.2) is 23.3 Å². The first-order valence-corrected chi connectivity index (χ1v) is 8.84. The molecule has 24 heavy (non-hydrogen) atoms. The Morgan fingerprint density at radius 2 is 2.08 bits per heavy atom. The van der Waals surface area contributed by atoms with Crippen molar-refractivity contribution in [2.24, 2.45) is 17.3 Å². The maximum absolute atomic E-state index is 12.9. The van der Waals surface area contributed by atoms with E-state index in [0.717, 1.165) is 5.57 Å². The number of carbonyl (C=O) groups excluding carboxylic acids is 2. The monoisotopic (exact) mass is 334 g/mol. The second-order valence-electron chi connectivity index (χ2n) is 7.92. The van der Waals surface area contributed by atoms with Gasteiger partial charge in [0.25, 0.3) is 0 Å². The summed E-state index contributed by atoms with van der Waals surface area (Å²) in [6, 6.07) is 0. The molecule has 1 N–H and O–H groups in total. The number of hydrogen-bond donors (Lipinski definition) is 1. The van der Waals surface area contributed by atoms with E-state index in [1.54, 1.807) is 26.8 Å². The Balaban J connectivity index is 2.50. The van der Waals surface area contributed by atoms with Gasteiger partial charge in [0.2, 0.25) is 0 Å². The van der Waals surface area contributed by atoms with Crippen molar-refractivity contribution >= 4 is 11.8 Å². The molecule has 0 bridgehead atoms. The molecule has 0 spiro atoms. The van der Waals surface area contributed by atoms with E-state index in [1.165, 1.54) is 0 Å². The predicted molar refractivity (Wildman–Crippen MR) is 93.3 cm³/mol. The van der Waals surface area contributed by atoms with Crippen LogP contribution in [0.25, 0.3) is 0 Å². The summed E-state index contributed by atoms with van der Waals surface area (Å²) in [5.41, 5.74) is -0.696. The van der Waals surface area contributed by atoms with E-state index in [0.29, 0.717) is 24.8 Å². The molecule has 4 atom stereocenters. The molecule has 4 nitrogen and oxygen atoms in total. The van der Waals surface area contributed by atoms with Gasteiger partial charge in [-0.15, -0.1) is 0 Å². The van der Waals surface area contributed by atoms with Crippen molar-refractivity contribution in [2.45, 2.75) is 72.5 Å². The fourth-order valence-corrected chi connectivity index (χ4v) is 4.22. The standard InChI is InChI=1S/C20H30O4/c1-7-14(5)18(22)24-17-10-13(4)8-9-20(23)15(12(2)3)11-16(21)19(17,20)6/h7,10,12,15,17,23H,8-9,11H2,1-6H3/t15-,17+,19-,20-/m1/s1. The number of esters is 1. The van der Waals surface area contributed by atoms with Gasteiger partial charge in [0, 0.05) is 12.0 Å². The summed E-state index contributed by atoms with van der Waals surface area (Å²) in [7, 11) is 0. The van der Waals surface area contributed by atoms with Gasteiger partial charge in [-0.1, -0.05) is 25.5 Å². The van der Waals surface area contributed by atoms with E-state index in [2.05, 4.69) is 0 Å². The largest absolute Gasteiger partial charge is 0.454 e. The van der Waals surface area contributed by atoms with E-state index in [1.807, 2.05) is 26.8 Å². The Morgan fingerprint density at radius 3 is 2.62 bits per heavy atom. The van der Waals surface area contributed by atoms with Crippen LogP contribution in [0, 0.1) is 17.3 Å². The predicted octanol–water partition coefficient (Wildman–Crippen LogP) is 3.59. The average Bonchev–Trinajstić information content (AvgIpc) is 2.67. The van der Waals surface area contributed by atoms with Crippen LogP contribution in [0.1, 0.15) is 60.8 Å². The zero-order valence-corrected chi connectivity index (χ0v) is 15.7. The number of allylic oxidation sites excluding steroid dienone is 2. The van der Waals surface area contributed by atoms with Crippen molar-refractivity contribution in [1.82, 2.24) is 0 Å². The SMILES string of the molecule is CC=C(C)C(=O)O[C@H]1C=C(C)CC[C@@]2(O)[C@@H](C(C)C)CC(=O)[C@]12C. The molecule has 0 unspecified atom stereocenters. The summed E-state index contributed by atoms with van der Waals surface area (Å²) in [6.45, 7) is 11.3. The Bertz CT molecular complexity index is 601. The number of ketones is 1. The molecule has 2 rings (SSSR count). The fourth-order valence-electron chi connectivity index (χ4n) is 4.22. The number of ether oxygens (including phenoxy) is 1. The molecular formula is C20H30O4. The third kappa shape index (κ3) is 2.75. The van der Waals surface area contributed by atoms with Crippen LogP contribution in [-0.2, 0) is 14.3 Å². The van der Waals surface area contributed by atoms with Gasteiger partial charge in [0.1, 0.15) is 11.9 Å². The molecule has 0 aromatic rings. The lowest BCUT2D eigenvalue weighted by Gasteiger charge is -2.44. The number of rotatable bonds is 3. The second-order valence-corrected chi connectivity index (χ2v) is 7.92. The molecule has 0 aromatic heterocycles. The molecule has 4 heteroatoms. The van der Waals surface area contributed by atoms with Crippen molar-refractivity contribution in [3.8, 4) is 0 Å². The first-order chi connectivity index (χ1) is 11.1. The molecule has 0 aliphatic heterocycles. The normalized spacial score (nSPS) is 37.1. The highest BCUT2D eigenvalue weighted by Crippen LogP contribution is 2.56. The zero-order chi connectivity index (χ0) is 18.3. The number of hydrogen-bond acceptors (Lipinski definition) is 4. The molecule has 134 valence electrons. The van der Waals surface area contributed by atoms with Crippen LogP contribution < -0.4 is 0 Å². The second kappa shape index (κ2) is 6.47. The zero-order valence-electron chi connectivity index (χ0n) is 15.7. The van der Waals surface area contributed by atoms with E-state index < -0.39 is 23.1 Å². The lowest BCUT2D eigenvalue weighted by molar-refractivity contribution is -0.171. The molecular weight excluding hydrogens is 304 g/mol. The van der Waals surface area contributed by atoms with Crippen LogP contribution >= 0.6 is 0 Å². The summed E-state index contributed by atoms with van der Waals surface area (Å²) >= 11 is 0. The molecule has 0 heterocycles. The van der Waals surface area contributed by atoms with Crippen molar-refractivity contribution in [1.29, 1.82) is 0 Å². The Hall–Kier alpha value is -1.42. The van der Waals surface area contributed by atoms with Gasteiger partial charge in [-0.25, -0.2) is 4.79 Å². The minimum Gasteiger partial charge on any atom is -0.454 e. The van der Waals surface area contributed by atoms with Gasteiger partial charge in [0.05, 0.1) is 11.0 Å². The summed E-state index contributed by atoms with van der Waals surface area (Å²) in [5, 5.41) is 11.6. The van der Waals surface area contributed by atoms with Gasteiger partial charge in [-0.2, -0.15) is 0 Å². The minimum absolute atomic E-state index is 0.00872. The topological polar surface area (TPSA) is 63.6 Å². The van der Waals surface area contributed by atoms with E-state index in [9.17, 15) is 14.7 Å². The van der Waals surface area contributed by atoms with E-state index in [-0.39, 0.29) is 17.6 Å². The summed E-state index contributed by atoms with van der Waals surface area (Å²) in [4.78, 5) is 25.3. The number of carbonyl (C=O) groups is 2. The van der Waals surface area contributed by atoms with Gasteiger partial charge < -0.3 is 9.84 Å². The van der Waals surface area contributed by atoms with Gasteiger partial charge in [-0.05, 0) is 58.4 Å². The molecule has 0 saturated heterocycles. The van der Waals surface area contributed by atoms with Crippen molar-refractivity contribution < 1.29 is 19.4 Å². The molecule has 1 saturated carbocycles. The molecule has 1 fully saturated rings. The highest BCUT2D eigenvalue weighted by molar-refractivity contribution is 5.92. The molecule has 0 aromatic carbocycles. The first-order valence-electron chi connectivity index (χ1n) is 8.84. The number of aliphatic hydroxyl groups is 1. The smallest absolute Gasteiger partial charge is 0.334 e. The van der Waals surface area contributed by atoms with Crippen molar-refractivity contribution in [3.63, 3.8) is 0 Å². The number of fused-ring (bicyclic) bond motifs is 1. The van der Waals surface area contributed by atoms with E-state index >= 15 is 0 Å². The van der Waals surface area contributed by atoms with Crippen LogP contribution in [0.4, 0.5) is 0 Å². The lowest BCUT2D eigenvalue weighted by Crippen LogP contribution is -2.56. The number of Topliss-reactive ketones (excluding diaryl/α,β-unsaturated/α-hetero) is 1. The quantitative estimate of drug-likeness (QED) is 0.487. The van der Waals surface area contributed by atoms with Crippen LogP contribution in [0.2, 0.25) is 0 Å². The third-order valence-corrected chi connectivity index (χ3v) is 6.20. The summed E-state index contributed by atoms with van der Waals surface area (Å²) < 4.78 is 5.71. The highest BCUT2D eigenvalue weighted by Gasteiger charge is 2.66. The molecule has 0 radical (unpaired) electrons. The van der Waals surface area contributed by atoms with Crippen molar-refractivity contribution in [3.05, 3.63) is 23.3 Å². The van der Waals surface area contributed by atoms with Gasteiger partial charge in [0.15, 0.2) is 0 Å². The Labute approximate surface area is 145 Å². The first kappa shape index (κ1) is 18.9. The minimum atomic E-state index is -1.15. The van der Waals surface area contributed by atoms with Crippen LogP contribution in [-0.4, -0.2) is 28.6 Å². The Kier molecular flexibility index (Phi) is 5.10. The maximum atomic E-state index is 12.9. The molecule has 2 aliphatic carbocycles. The lowest BCUT2D eigenvalue weighted by atomic mass is 9.65. The highest BCUT2D eigenvalue weighted by atomic mass is 16.5. The molecule has 2 aliphatic rings. The van der Waals surface area contributed by atoms with Gasteiger partial charge >= 0.3 is 5.97 Å². The Morgan fingerprint density at radius 1 is 1.46 bits per heavy atom. The third-order valence-electron chi connectivity index (χ3n) is 6.20. The van der Waals surface area contributed by atoms with Crippen LogP contribution in [0.3, 0.4) is 0 Å². The fraction of sp³-hybridized carbons (Fsp3) is 0.700. The summed E-state index contributed by atoms with van der Waals surface area (Å²) in [6.07, 6.45) is 4.39. The van der Waals surface area contributed by atoms with Crippen LogP contribution in [0.5, 0.6) is 0 Å². The summed E-state index contributed by atoms with van der Waals surface area (Å²) in [5.74, 6) is -0.366. The van der Waals surface area contributed by atoms with E-state index in [4.69, 9.17) is 4.74 Å².